The molecule has 0 saturated carbocycles. The van der Waals surface area contributed by atoms with Crippen LogP contribution in [0.25, 0.3) is 0 Å². The molecule has 1 saturated heterocycles. The summed E-state index contributed by atoms with van der Waals surface area (Å²) < 4.78 is 24.7. The topological polar surface area (TPSA) is 95.6 Å². The van der Waals surface area contributed by atoms with Crippen LogP contribution in [0.2, 0.25) is 0 Å². The third-order valence-corrected chi connectivity index (χ3v) is 4.73. The molecule has 9 heteroatoms. The van der Waals surface area contributed by atoms with Gasteiger partial charge in [-0.3, -0.25) is 14.3 Å². The zero-order valence-electron chi connectivity index (χ0n) is 14.2. The maximum atomic E-state index is 12.5. The quantitative estimate of drug-likeness (QED) is 0.746. The first-order valence-electron chi connectivity index (χ1n) is 7.97. The molecule has 0 aliphatic carbocycles. The van der Waals surface area contributed by atoms with Crippen molar-refractivity contribution in [2.24, 2.45) is 0 Å². The number of amides is 2. The van der Waals surface area contributed by atoms with E-state index in [0.717, 1.165) is 6.26 Å². The number of alkyl halides is 1. The first-order valence-corrected chi connectivity index (χ1v) is 10.3. The molecule has 2 rings (SSSR count). The van der Waals surface area contributed by atoms with Crippen LogP contribution in [0.15, 0.2) is 24.3 Å². The minimum absolute atomic E-state index is 0.0269. The molecule has 1 aliphatic heterocycles. The molecule has 0 aromatic heterocycles. The summed E-state index contributed by atoms with van der Waals surface area (Å²) in [6, 6.07) is 6.34. The molecule has 0 bridgehead atoms. The van der Waals surface area contributed by atoms with E-state index in [9.17, 15) is 18.0 Å². The minimum atomic E-state index is -3.34. The van der Waals surface area contributed by atoms with Crippen LogP contribution in [-0.4, -0.2) is 55.9 Å². The van der Waals surface area contributed by atoms with Crippen LogP contribution in [-0.2, 0) is 14.8 Å². The first-order chi connectivity index (χ1) is 11.7. The molecule has 1 aliphatic rings. The number of benzene rings is 1. The Morgan fingerprint density at radius 3 is 2.24 bits per heavy atom. The number of piperidine rings is 1. The Kier molecular flexibility index (Phi) is 6.29. The molecule has 1 aromatic carbocycles. The maximum Gasteiger partial charge on any atom is 0.253 e. The monoisotopic (exact) mass is 387 g/mol. The number of halogens is 1. The number of carbonyl (C=O) groups excluding carboxylic acids is 2. The molecule has 138 valence electrons. The molecule has 1 heterocycles. The van der Waals surface area contributed by atoms with Crippen molar-refractivity contribution in [3.05, 3.63) is 29.8 Å². The summed E-state index contributed by atoms with van der Waals surface area (Å²) in [6.07, 6.45) is 2.42. The Bertz CT molecular complexity index is 726. The van der Waals surface area contributed by atoms with Gasteiger partial charge in [0, 0.05) is 30.4 Å². The van der Waals surface area contributed by atoms with Gasteiger partial charge in [0.1, 0.15) is 5.38 Å². The van der Waals surface area contributed by atoms with Gasteiger partial charge in [0.15, 0.2) is 0 Å². The van der Waals surface area contributed by atoms with Crippen molar-refractivity contribution in [3.8, 4) is 0 Å². The van der Waals surface area contributed by atoms with Gasteiger partial charge in [-0.05, 0) is 44.0 Å². The van der Waals surface area contributed by atoms with Crippen LogP contribution < -0.4 is 10.0 Å². The summed E-state index contributed by atoms with van der Waals surface area (Å²) >= 11 is 5.74. The number of nitrogens with one attached hydrogen (secondary N) is 2. The number of sulfonamides is 1. The Hall–Kier alpha value is -1.80. The van der Waals surface area contributed by atoms with E-state index >= 15 is 0 Å². The van der Waals surface area contributed by atoms with E-state index < -0.39 is 15.4 Å². The van der Waals surface area contributed by atoms with E-state index in [1.165, 1.54) is 0 Å². The standard InChI is InChI=1S/C16H22ClN3O4S/c1-11(17)15(21)18-13-7-9-20(10-8-13)16(22)12-3-5-14(6-4-12)19-25(2,23)24/h3-6,11,13,19H,7-10H2,1-2H3,(H,18,21). The Morgan fingerprint density at radius 2 is 1.76 bits per heavy atom. The largest absolute Gasteiger partial charge is 0.352 e. The average molecular weight is 388 g/mol. The predicted molar refractivity (Wildman–Crippen MR) is 97.3 cm³/mol. The zero-order valence-corrected chi connectivity index (χ0v) is 15.7. The van der Waals surface area contributed by atoms with E-state index in [0.29, 0.717) is 37.2 Å². The van der Waals surface area contributed by atoms with E-state index in [1.807, 2.05) is 0 Å². The van der Waals surface area contributed by atoms with E-state index in [1.54, 1.807) is 36.1 Å². The predicted octanol–water partition coefficient (Wildman–Crippen LogP) is 1.41. The van der Waals surface area contributed by atoms with Gasteiger partial charge >= 0.3 is 0 Å². The molecule has 25 heavy (non-hydrogen) atoms. The van der Waals surface area contributed by atoms with Crippen molar-refractivity contribution >= 4 is 39.1 Å². The highest BCUT2D eigenvalue weighted by Crippen LogP contribution is 2.17. The molecule has 1 unspecified atom stereocenters. The lowest BCUT2D eigenvalue weighted by molar-refractivity contribution is -0.121. The molecule has 7 nitrogen and oxygen atoms in total. The summed E-state index contributed by atoms with van der Waals surface area (Å²) in [5.74, 6) is -0.304. The second-order valence-electron chi connectivity index (χ2n) is 6.14. The molecule has 2 amide bonds. The van der Waals surface area contributed by atoms with Gasteiger partial charge in [-0.15, -0.1) is 11.6 Å². The van der Waals surface area contributed by atoms with Gasteiger partial charge in [-0.1, -0.05) is 0 Å². The van der Waals surface area contributed by atoms with Crippen LogP contribution in [0, 0.1) is 0 Å². The third-order valence-electron chi connectivity index (χ3n) is 3.92. The number of rotatable bonds is 5. The van der Waals surface area contributed by atoms with Crippen molar-refractivity contribution < 1.29 is 18.0 Å². The lowest BCUT2D eigenvalue weighted by atomic mass is 10.0. The van der Waals surface area contributed by atoms with E-state index in [4.69, 9.17) is 11.6 Å². The normalized spacial score (nSPS) is 17.0. The number of hydrogen-bond acceptors (Lipinski definition) is 4. The summed E-state index contributed by atoms with van der Waals surface area (Å²) in [5, 5.41) is 2.30. The first kappa shape index (κ1) is 19.5. The number of likely N-dealkylation sites (tertiary alicyclic amines) is 1. The molecule has 1 fully saturated rings. The average Bonchev–Trinajstić information content (AvgIpc) is 2.54. The Morgan fingerprint density at radius 1 is 1.20 bits per heavy atom. The van der Waals surface area contributed by atoms with Crippen LogP contribution in [0.1, 0.15) is 30.1 Å². The van der Waals surface area contributed by atoms with Crippen molar-refractivity contribution in [1.29, 1.82) is 0 Å². The number of carbonyl (C=O) groups is 2. The van der Waals surface area contributed by atoms with Crippen LogP contribution in [0.5, 0.6) is 0 Å². The molecule has 0 spiro atoms. The van der Waals surface area contributed by atoms with Gasteiger partial charge in [0.25, 0.3) is 5.91 Å². The SMILES string of the molecule is CC(Cl)C(=O)NC1CCN(C(=O)c2ccc(NS(C)(=O)=O)cc2)CC1. The number of nitrogens with zero attached hydrogens (tertiary/aromatic N) is 1. The fourth-order valence-corrected chi connectivity index (χ4v) is 3.25. The van der Waals surface area contributed by atoms with Crippen molar-refractivity contribution in [3.63, 3.8) is 0 Å². The molecule has 0 radical (unpaired) electrons. The highest BCUT2D eigenvalue weighted by molar-refractivity contribution is 7.92. The van der Waals surface area contributed by atoms with Gasteiger partial charge in [-0.2, -0.15) is 0 Å². The van der Waals surface area contributed by atoms with Crippen molar-refractivity contribution in [2.45, 2.75) is 31.2 Å². The second kappa shape index (κ2) is 8.05. The molecular weight excluding hydrogens is 366 g/mol. The third kappa shape index (κ3) is 5.89. The zero-order chi connectivity index (χ0) is 18.6. The van der Waals surface area contributed by atoms with E-state index in [-0.39, 0.29) is 17.9 Å². The Balaban J connectivity index is 1.91. The molecule has 2 N–H and O–H groups in total. The van der Waals surface area contributed by atoms with Crippen molar-refractivity contribution in [2.75, 3.05) is 24.1 Å². The summed E-state index contributed by atoms with van der Waals surface area (Å²) in [6.45, 7) is 2.71. The highest BCUT2D eigenvalue weighted by Gasteiger charge is 2.25. The molecule has 1 aromatic rings. The molecule has 1 atom stereocenters. The van der Waals surface area contributed by atoms with Gasteiger partial charge in [0.05, 0.1) is 6.26 Å². The Labute approximate surface area is 152 Å². The van der Waals surface area contributed by atoms with Crippen molar-refractivity contribution in [1.82, 2.24) is 10.2 Å². The lowest BCUT2D eigenvalue weighted by Gasteiger charge is -2.32. The fourth-order valence-electron chi connectivity index (χ4n) is 2.62. The number of anilines is 1. The highest BCUT2D eigenvalue weighted by atomic mass is 35.5. The maximum absolute atomic E-state index is 12.5. The van der Waals surface area contributed by atoms with E-state index in [2.05, 4.69) is 10.0 Å². The number of hydrogen-bond donors (Lipinski definition) is 2. The van der Waals surface area contributed by atoms with Gasteiger partial charge in [-0.25, -0.2) is 8.42 Å². The van der Waals surface area contributed by atoms with Crippen LogP contribution in [0.4, 0.5) is 5.69 Å². The molecular formula is C16H22ClN3O4S. The van der Waals surface area contributed by atoms with Gasteiger partial charge in [0.2, 0.25) is 15.9 Å². The minimum Gasteiger partial charge on any atom is -0.352 e. The fraction of sp³-hybridized carbons (Fsp3) is 0.500. The lowest BCUT2D eigenvalue weighted by Crippen LogP contribution is -2.47. The van der Waals surface area contributed by atoms with Gasteiger partial charge < -0.3 is 10.2 Å². The van der Waals surface area contributed by atoms with Crippen LogP contribution >= 0.6 is 11.6 Å². The summed E-state index contributed by atoms with van der Waals surface area (Å²) in [4.78, 5) is 25.8. The second-order valence-corrected chi connectivity index (χ2v) is 8.55. The van der Waals surface area contributed by atoms with Crippen LogP contribution in [0.3, 0.4) is 0 Å². The smallest absolute Gasteiger partial charge is 0.253 e. The summed E-state index contributed by atoms with van der Waals surface area (Å²) in [5.41, 5.74) is 0.909. The summed E-state index contributed by atoms with van der Waals surface area (Å²) in [7, 11) is -3.34.